The van der Waals surface area contributed by atoms with Gasteiger partial charge in [0.1, 0.15) is 0 Å². The molecule has 0 fully saturated rings. The standard InChI is InChI=1S/C14H21F2NO/c1-14(2,18-3)7-6-11(17)8-10-4-5-12(15)13(16)9-10/h4-5,9,11H,6-8,17H2,1-3H3. The van der Waals surface area contributed by atoms with Crippen LogP contribution in [0.2, 0.25) is 0 Å². The van der Waals surface area contributed by atoms with Crippen molar-refractivity contribution in [1.29, 1.82) is 0 Å². The Bertz CT molecular complexity index is 393. The van der Waals surface area contributed by atoms with E-state index in [0.29, 0.717) is 6.42 Å². The summed E-state index contributed by atoms with van der Waals surface area (Å²) >= 11 is 0. The molecule has 0 saturated carbocycles. The first kappa shape index (κ1) is 15.1. The summed E-state index contributed by atoms with van der Waals surface area (Å²) < 4.78 is 31.1. The van der Waals surface area contributed by atoms with Crippen LogP contribution in [-0.4, -0.2) is 18.8 Å². The molecule has 18 heavy (non-hydrogen) atoms. The Morgan fingerprint density at radius 3 is 2.50 bits per heavy atom. The van der Waals surface area contributed by atoms with Crippen molar-refractivity contribution in [1.82, 2.24) is 0 Å². The topological polar surface area (TPSA) is 35.2 Å². The minimum atomic E-state index is -0.826. The van der Waals surface area contributed by atoms with Gasteiger partial charge in [0.05, 0.1) is 5.60 Å². The lowest BCUT2D eigenvalue weighted by molar-refractivity contribution is 0.0125. The van der Waals surface area contributed by atoms with E-state index in [1.165, 1.54) is 6.07 Å². The molecular formula is C14H21F2NO. The molecule has 0 spiro atoms. The van der Waals surface area contributed by atoms with Crippen molar-refractivity contribution < 1.29 is 13.5 Å². The molecule has 2 N–H and O–H groups in total. The number of hydrogen-bond donors (Lipinski definition) is 1. The van der Waals surface area contributed by atoms with E-state index in [2.05, 4.69) is 0 Å². The molecule has 0 amide bonds. The minimum absolute atomic E-state index is 0.0794. The predicted molar refractivity (Wildman–Crippen MR) is 68.4 cm³/mol. The fourth-order valence-electron chi connectivity index (χ4n) is 1.71. The van der Waals surface area contributed by atoms with Gasteiger partial charge in [-0.15, -0.1) is 0 Å². The molecule has 0 aliphatic rings. The van der Waals surface area contributed by atoms with Crippen molar-refractivity contribution in [3.63, 3.8) is 0 Å². The number of benzene rings is 1. The van der Waals surface area contributed by atoms with Crippen molar-refractivity contribution in [2.24, 2.45) is 5.73 Å². The summed E-state index contributed by atoms with van der Waals surface area (Å²) in [7, 11) is 1.67. The molecule has 0 saturated heterocycles. The monoisotopic (exact) mass is 257 g/mol. The molecule has 0 heterocycles. The highest BCUT2D eigenvalue weighted by molar-refractivity contribution is 5.18. The average molecular weight is 257 g/mol. The van der Waals surface area contributed by atoms with Gasteiger partial charge in [-0.2, -0.15) is 0 Å². The van der Waals surface area contributed by atoms with E-state index < -0.39 is 11.6 Å². The zero-order valence-corrected chi connectivity index (χ0v) is 11.2. The first-order valence-electron chi connectivity index (χ1n) is 6.09. The van der Waals surface area contributed by atoms with E-state index in [1.807, 2.05) is 13.8 Å². The molecule has 0 aliphatic carbocycles. The minimum Gasteiger partial charge on any atom is -0.379 e. The van der Waals surface area contributed by atoms with Crippen LogP contribution in [0.4, 0.5) is 8.78 Å². The lowest BCUT2D eigenvalue weighted by Gasteiger charge is -2.24. The molecule has 0 aromatic heterocycles. The van der Waals surface area contributed by atoms with E-state index in [-0.39, 0.29) is 11.6 Å². The highest BCUT2D eigenvalue weighted by atomic mass is 19.2. The molecule has 4 heteroatoms. The summed E-state index contributed by atoms with van der Waals surface area (Å²) in [6, 6.07) is 3.83. The number of nitrogens with two attached hydrogens (primary N) is 1. The Hall–Kier alpha value is -1.00. The molecule has 2 nitrogen and oxygen atoms in total. The number of rotatable bonds is 6. The van der Waals surface area contributed by atoms with Crippen molar-refractivity contribution in [2.45, 2.75) is 44.8 Å². The second-order valence-electron chi connectivity index (χ2n) is 5.22. The molecule has 0 aliphatic heterocycles. The van der Waals surface area contributed by atoms with Gasteiger partial charge in [-0.25, -0.2) is 8.78 Å². The van der Waals surface area contributed by atoms with Crippen LogP contribution in [0.5, 0.6) is 0 Å². The quantitative estimate of drug-likeness (QED) is 0.850. The van der Waals surface area contributed by atoms with Gasteiger partial charge < -0.3 is 10.5 Å². The van der Waals surface area contributed by atoms with E-state index in [0.717, 1.165) is 24.5 Å². The van der Waals surface area contributed by atoms with Gasteiger partial charge in [-0.1, -0.05) is 6.07 Å². The number of methoxy groups -OCH3 is 1. The summed E-state index contributed by atoms with van der Waals surface area (Å²) in [6.45, 7) is 3.99. The van der Waals surface area contributed by atoms with Gasteiger partial charge in [0, 0.05) is 13.2 Å². The summed E-state index contributed by atoms with van der Waals surface area (Å²) in [5, 5.41) is 0. The first-order chi connectivity index (χ1) is 8.34. The molecule has 0 bridgehead atoms. The van der Waals surface area contributed by atoms with E-state index in [9.17, 15) is 8.78 Å². The summed E-state index contributed by atoms with van der Waals surface area (Å²) in [5.41, 5.74) is 6.50. The second kappa shape index (κ2) is 6.25. The Labute approximate surface area is 107 Å². The molecule has 0 radical (unpaired) electrons. The van der Waals surface area contributed by atoms with Crippen LogP contribution in [0.1, 0.15) is 32.3 Å². The molecule has 102 valence electrons. The SMILES string of the molecule is COC(C)(C)CCC(N)Cc1ccc(F)c(F)c1. The van der Waals surface area contributed by atoms with E-state index in [1.54, 1.807) is 13.2 Å². The fourth-order valence-corrected chi connectivity index (χ4v) is 1.71. The largest absolute Gasteiger partial charge is 0.379 e. The molecule has 1 aromatic carbocycles. The zero-order chi connectivity index (χ0) is 13.8. The highest BCUT2D eigenvalue weighted by Gasteiger charge is 2.18. The summed E-state index contributed by atoms with van der Waals surface area (Å²) in [6.07, 6.45) is 2.14. The van der Waals surface area contributed by atoms with Gasteiger partial charge in [-0.05, 0) is 50.8 Å². The van der Waals surface area contributed by atoms with Crippen LogP contribution in [-0.2, 0) is 11.2 Å². The lowest BCUT2D eigenvalue weighted by atomic mass is 9.95. The Morgan fingerprint density at radius 1 is 1.28 bits per heavy atom. The van der Waals surface area contributed by atoms with Crippen LogP contribution in [0.3, 0.4) is 0 Å². The number of hydrogen-bond acceptors (Lipinski definition) is 2. The van der Waals surface area contributed by atoms with Crippen LogP contribution >= 0.6 is 0 Å². The van der Waals surface area contributed by atoms with Crippen LogP contribution < -0.4 is 5.73 Å². The highest BCUT2D eigenvalue weighted by Crippen LogP contribution is 2.18. The van der Waals surface area contributed by atoms with Crippen molar-refractivity contribution in [2.75, 3.05) is 7.11 Å². The van der Waals surface area contributed by atoms with Crippen LogP contribution in [0.25, 0.3) is 0 Å². The van der Waals surface area contributed by atoms with Crippen molar-refractivity contribution in [3.8, 4) is 0 Å². The Morgan fingerprint density at radius 2 is 1.94 bits per heavy atom. The summed E-state index contributed by atoms with van der Waals surface area (Å²) in [4.78, 5) is 0. The van der Waals surface area contributed by atoms with E-state index in [4.69, 9.17) is 10.5 Å². The summed E-state index contributed by atoms with van der Waals surface area (Å²) in [5.74, 6) is -1.65. The third-order valence-electron chi connectivity index (χ3n) is 3.15. The van der Waals surface area contributed by atoms with Gasteiger partial charge >= 0.3 is 0 Å². The Balaban J connectivity index is 2.49. The molecule has 1 rings (SSSR count). The van der Waals surface area contributed by atoms with Gasteiger partial charge in [0.25, 0.3) is 0 Å². The normalized spacial score (nSPS) is 13.7. The fraction of sp³-hybridized carbons (Fsp3) is 0.571. The van der Waals surface area contributed by atoms with Crippen LogP contribution in [0, 0.1) is 11.6 Å². The average Bonchev–Trinajstić information content (AvgIpc) is 2.32. The predicted octanol–water partition coefficient (Wildman–Crippen LogP) is 3.04. The molecular weight excluding hydrogens is 236 g/mol. The smallest absolute Gasteiger partial charge is 0.159 e. The van der Waals surface area contributed by atoms with E-state index >= 15 is 0 Å². The molecule has 1 atom stereocenters. The molecule has 1 unspecified atom stereocenters. The third kappa shape index (κ3) is 4.70. The maximum atomic E-state index is 13.0. The Kier molecular flexibility index (Phi) is 5.23. The lowest BCUT2D eigenvalue weighted by Crippen LogP contribution is -2.29. The third-order valence-corrected chi connectivity index (χ3v) is 3.15. The number of halogens is 2. The van der Waals surface area contributed by atoms with Gasteiger partial charge in [-0.3, -0.25) is 0 Å². The van der Waals surface area contributed by atoms with Crippen molar-refractivity contribution >= 4 is 0 Å². The number of ether oxygens (including phenoxy) is 1. The second-order valence-corrected chi connectivity index (χ2v) is 5.22. The maximum Gasteiger partial charge on any atom is 0.159 e. The molecule has 1 aromatic rings. The first-order valence-corrected chi connectivity index (χ1v) is 6.09. The van der Waals surface area contributed by atoms with Crippen LogP contribution in [0.15, 0.2) is 18.2 Å². The van der Waals surface area contributed by atoms with Gasteiger partial charge in [0.2, 0.25) is 0 Å². The zero-order valence-electron chi connectivity index (χ0n) is 11.2. The maximum absolute atomic E-state index is 13.0. The van der Waals surface area contributed by atoms with Crippen molar-refractivity contribution in [3.05, 3.63) is 35.4 Å². The van der Waals surface area contributed by atoms with Gasteiger partial charge in [0.15, 0.2) is 11.6 Å².